The minimum absolute atomic E-state index is 0.0254. The molecule has 1 aromatic heterocycles. The second kappa shape index (κ2) is 9.89. The Morgan fingerprint density at radius 3 is 2.49 bits per heavy atom. The van der Waals surface area contributed by atoms with Gasteiger partial charge < -0.3 is 14.5 Å². The van der Waals surface area contributed by atoms with Crippen molar-refractivity contribution in [2.24, 2.45) is 5.41 Å². The quantitative estimate of drug-likeness (QED) is 0.592. The van der Waals surface area contributed by atoms with E-state index in [1.807, 2.05) is 52.5 Å². The van der Waals surface area contributed by atoms with Gasteiger partial charge in [-0.3, -0.25) is 14.5 Å². The number of carbonyl (C=O) groups is 3. The fourth-order valence-corrected chi connectivity index (χ4v) is 5.99. The van der Waals surface area contributed by atoms with Crippen LogP contribution in [-0.2, 0) is 9.53 Å². The highest BCUT2D eigenvalue weighted by atomic mass is 32.2. The first-order valence-corrected chi connectivity index (χ1v) is 13.3. The van der Waals surface area contributed by atoms with Gasteiger partial charge in [-0.1, -0.05) is 30.3 Å². The van der Waals surface area contributed by atoms with Gasteiger partial charge in [0.1, 0.15) is 18.2 Å². The average molecular weight is 495 g/mol. The Morgan fingerprint density at radius 1 is 1.06 bits per heavy atom. The van der Waals surface area contributed by atoms with Crippen molar-refractivity contribution in [3.05, 3.63) is 59.8 Å². The Bertz CT molecular complexity index is 1100. The van der Waals surface area contributed by atoms with Crippen molar-refractivity contribution in [3.8, 4) is 0 Å². The minimum Gasteiger partial charge on any atom is -0.447 e. The number of likely N-dealkylation sites (tertiary alicyclic amines) is 2. The molecule has 3 aliphatic heterocycles. The van der Waals surface area contributed by atoms with Crippen molar-refractivity contribution in [1.82, 2.24) is 19.7 Å². The number of benzene rings is 1. The maximum absolute atomic E-state index is 13.2. The highest BCUT2D eigenvalue weighted by Gasteiger charge is 2.44. The Kier molecular flexibility index (Phi) is 6.69. The van der Waals surface area contributed by atoms with Crippen LogP contribution in [0.5, 0.6) is 0 Å². The van der Waals surface area contributed by atoms with Crippen LogP contribution >= 0.6 is 11.8 Å². The fraction of sp³-hybridized carbons (Fsp3) is 0.462. The number of aromatic nitrogens is 1. The topological polar surface area (TPSA) is 83.1 Å². The van der Waals surface area contributed by atoms with E-state index >= 15 is 0 Å². The smallest absolute Gasteiger partial charge is 0.410 e. The number of pyridine rings is 1. The molecule has 1 spiro atoms. The van der Waals surface area contributed by atoms with Gasteiger partial charge in [-0.05, 0) is 48.6 Å². The van der Waals surface area contributed by atoms with Crippen LogP contribution in [0.25, 0.3) is 0 Å². The monoisotopic (exact) mass is 494 g/mol. The van der Waals surface area contributed by atoms with Crippen molar-refractivity contribution in [2.45, 2.75) is 30.3 Å². The van der Waals surface area contributed by atoms with Crippen molar-refractivity contribution < 1.29 is 19.1 Å². The number of piperidine rings is 1. The van der Waals surface area contributed by atoms with Gasteiger partial charge in [0, 0.05) is 32.4 Å². The first-order valence-electron chi connectivity index (χ1n) is 12.0. The molecular formula is C26H30N4O4S. The number of nitrogens with zero attached hydrogens (tertiary/aromatic N) is 4. The molecule has 0 N–H and O–H groups in total. The van der Waals surface area contributed by atoms with Gasteiger partial charge in [-0.25, -0.2) is 9.78 Å². The zero-order valence-corrected chi connectivity index (χ0v) is 20.7. The maximum Gasteiger partial charge on any atom is 0.410 e. The lowest BCUT2D eigenvalue weighted by atomic mass is 9.77. The number of ether oxygens (including phenoxy) is 1. The highest BCUT2D eigenvalue weighted by Crippen LogP contribution is 2.41. The van der Waals surface area contributed by atoms with Gasteiger partial charge in [0.05, 0.1) is 11.6 Å². The predicted molar refractivity (Wildman–Crippen MR) is 132 cm³/mol. The Labute approximate surface area is 209 Å². The molecule has 9 heteroatoms. The third-order valence-electron chi connectivity index (χ3n) is 7.56. The van der Waals surface area contributed by atoms with Crippen LogP contribution in [0.2, 0.25) is 0 Å². The summed E-state index contributed by atoms with van der Waals surface area (Å²) in [5, 5.41) is 0.754. The van der Waals surface area contributed by atoms with E-state index in [0.29, 0.717) is 31.7 Å². The predicted octanol–water partition coefficient (Wildman–Crippen LogP) is 3.45. The van der Waals surface area contributed by atoms with Crippen molar-refractivity contribution >= 4 is 29.7 Å². The van der Waals surface area contributed by atoms with E-state index in [1.54, 1.807) is 17.2 Å². The number of thioether (sulfide) groups is 1. The molecule has 3 saturated heterocycles. The van der Waals surface area contributed by atoms with Gasteiger partial charge in [-0.15, -0.1) is 11.8 Å². The minimum atomic E-state index is -0.437. The van der Waals surface area contributed by atoms with Crippen LogP contribution in [0.3, 0.4) is 0 Å². The Hall–Kier alpha value is -3.07. The lowest BCUT2D eigenvalue weighted by Gasteiger charge is -2.39. The van der Waals surface area contributed by atoms with Gasteiger partial charge >= 0.3 is 6.09 Å². The van der Waals surface area contributed by atoms with E-state index in [1.165, 1.54) is 11.8 Å². The van der Waals surface area contributed by atoms with E-state index in [9.17, 15) is 14.4 Å². The third kappa shape index (κ3) is 4.74. The molecule has 2 aromatic rings. The van der Waals surface area contributed by atoms with Crippen LogP contribution in [0.15, 0.2) is 53.7 Å². The maximum atomic E-state index is 13.2. The molecule has 8 nitrogen and oxygen atoms in total. The second-order valence-electron chi connectivity index (χ2n) is 9.55. The lowest BCUT2D eigenvalue weighted by Crippen LogP contribution is -2.46. The van der Waals surface area contributed by atoms with E-state index in [-0.39, 0.29) is 36.4 Å². The first kappa shape index (κ1) is 23.7. The van der Waals surface area contributed by atoms with Crippen molar-refractivity contribution in [2.75, 3.05) is 45.6 Å². The second-order valence-corrected chi connectivity index (χ2v) is 10.3. The molecule has 0 bridgehead atoms. The summed E-state index contributed by atoms with van der Waals surface area (Å²) in [7, 11) is 0. The number of hydrogen-bond acceptors (Lipinski definition) is 6. The SMILES string of the molecule is CSc1ncccc1C(=O)N1CCC2(CCN(C(=O)CN3C(=O)OCC3c3ccccc3)C2)CC1. The summed E-state index contributed by atoms with van der Waals surface area (Å²) in [5.74, 6) is -0.0112. The van der Waals surface area contributed by atoms with Crippen LogP contribution in [-0.4, -0.2) is 83.2 Å². The standard InChI is InChI=1S/C26H30N4O4S/c1-35-23-20(8-5-12-27-23)24(32)28-13-9-26(10-14-28)11-15-29(18-26)22(31)16-30-21(17-34-25(30)33)19-6-3-2-4-7-19/h2-8,12,21H,9-11,13-18H2,1H3. The van der Waals surface area contributed by atoms with E-state index in [0.717, 1.165) is 29.9 Å². The molecule has 35 heavy (non-hydrogen) atoms. The molecule has 0 radical (unpaired) electrons. The van der Waals surface area contributed by atoms with E-state index in [4.69, 9.17) is 4.74 Å². The van der Waals surface area contributed by atoms with Crippen LogP contribution in [0.1, 0.15) is 41.2 Å². The van der Waals surface area contributed by atoms with Gasteiger partial charge in [0.2, 0.25) is 5.91 Å². The number of amides is 3. The molecule has 3 aliphatic rings. The number of carbonyl (C=O) groups excluding carboxylic acids is 3. The van der Waals surface area contributed by atoms with E-state index in [2.05, 4.69) is 4.98 Å². The normalized spacial score (nSPS) is 21.5. The first-order chi connectivity index (χ1) is 17.0. The molecule has 1 aromatic carbocycles. The molecule has 3 amide bonds. The zero-order chi connectivity index (χ0) is 24.4. The van der Waals surface area contributed by atoms with Gasteiger partial charge in [0.15, 0.2) is 0 Å². The molecular weight excluding hydrogens is 464 g/mol. The Balaban J connectivity index is 1.18. The van der Waals surface area contributed by atoms with Gasteiger partial charge in [-0.2, -0.15) is 0 Å². The summed E-state index contributed by atoms with van der Waals surface area (Å²) in [6, 6.07) is 13.1. The van der Waals surface area contributed by atoms with Crippen molar-refractivity contribution in [1.29, 1.82) is 0 Å². The molecule has 3 fully saturated rings. The molecule has 0 saturated carbocycles. The van der Waals surface area contributed by atoms with E-state index < -0.39 is 6.09 Å². The molecule has 0 aliphatic carbocycles. The number of rotatable bonds is 5. The summed E-state index contributed by atoms with van der Waals surface area (Å²) in [6.07, 6.45) is 5.87. The summed E-state index contributed by atoms with van der Waals surface area (Å²) in [4.78, 5) is 48.3. The summed E-state index contributed by atoms with van der Waals surface area (Å²) in [6.45, 7) is 3.01. The molecule has 4 heterocycles. The van der Waals surface area contributed by atoms with Crippen LogP contribution < -0.4 is 0 Å². The lowest BCUT2D eigenvalue weighted by molar-refractivity contribution is -0.131. The Morgan fingerprint density at radius 2 is 1.77 bits per heavy atom. The largest absolute Gasteiger partial charge is 0.447 e. The molecule has 184 valence electrons. The summed E-state index contributed by atoms with van der Waals surface area (Å²) in [5.41, 5.74) is 1.66. The summed E-state index contributed by atoms with van der Waals surface area (Å²) >= 11 is 1.48. The fourth-order valence-electron chi connectivity index (χ4n) is 5.45. The van der Waals surface area contributed by atoms with Crippen molar-refractivity contribution in [3.63, 3.8) is 0 Å². The van der Waals surface area contributed by atoms with Gasteiger partial charge in [0.25, 0.3) is 5.91 Å². The number of cyclic esters (lactones) is 1. The highest BCUT2D eigenvalue weighted by molar-refractivity contribution is 7.98. The molecule has 5 rings (SSSR count). The third-order valence-corrected chi connectivity index (χ3v) is 8.27. The van der Waals surface area contributed by atoms with Crippen LogP contribution in [0.4, 0.5) is 4.79 Å². The van der Waals surface area contributed by atoms with Crippen LogP contribution in [0, 0.1) is 5.41 Å². The molecule has 1 unspecified atom stereocenters. The summed E-state index contributed by atoms with van der Waals surface area (Å²) < 4.78 is 5.27. The number of hydrogen-bond donors (Lipinski definition) is 0. The average Bonchev–Trinajstić information content (AvgIpc) is 3.48. The molecule has 1 atom stereocenters. The zero-order valence-electron chi connectivity index (χ0n) is 19.9.